The average molecular weight is 262 g/mol. The molecule has 3 nitrogen and oxygen atoms in total. The summed E-state index contributed by atoms with van der Waals surface area (Å²) in [7, 11) is 0. The summed E-state index contributed by atoms with van der Waals surface area (Å²) in [6.45, 7) is 4.14. The fourth-order valence-corrected chi connectivity index (χ4v) is 2.19. The van der Waals surface area contributed by atoms with Crippen LogP contribution in [-0.4, -0.2) is 18.4 Å². The SMILES string of the molecule is CC=CCOC(=O)C1(CC#CCCC)CCCC1=O. The Balaban J connectivity index is 2.74. The van der Waals surface area contributed by atoms with Crippen molar-refractivity contribution >= 4 is 11.8 Å². The van der Waals surface area contributed by atoms with E-state index in [1.54, 1.807) is 6.08 Å². The zero-order valence-corrected chi connectivity index (χ0v) is 11.8. The molecule has 104 valence electrons. The number of rotatable bonds is 5. The molecule has 1 rings (SSSR count). The van der Waals surface area contributed by atoms with Crippen LogP contribution >= 0.6 is 0 Å². The van der Waals surface area contributed by atoms with Gasteiger partial charge in [0, 0.05) is 19.3 Å². The van der Waals surface area contributed by atoms with Crippen molar-refractivity contribution in [2.24, 2.45) is 5.41 Å². The number of allylic oxidation sites excluding steroid dienone is 1. The Morgan fingerprint density at radius 1 is 1.47 bits per heavy atom. The highest BCUT2D eigenvalue weighted by Crippen LogP contribution is 2.39. The van der Waals surface area contributed by atoms with Crippen molar-refractivity contribution in [2.45, 2.75) is 52.4 Å². The van der Waals surface area contributed by atoms with Crippen LogP contribution in [0.2, 0.25) is 0 Å². The first-order chi connectivity index (χ1) is 9.17. The van der Waals surface area contributed by atoms with Crippen molar-refractivity contribution in [1.82, 2.24) is 0 Å². The van der Waals surface area contributed by atoms with E-state index in [-0.39, 0.29) is 12.4 Å². The van der Waals surface area contributed by atoms with Gasteiger partial charge in [-0.1, -0.05) is 19.1 Å². The number of hydrogen-bond acceptors (Lipinski definition) is 3. The van der Waals surface area contributed by atoms with E-state index in [2.05, 4.69) is 18.8 Å². The molecule has 0 heterocycles. The van der Waals surface area contributed by atoms with Gasteiger partial charge in [0.2, 0.25) is 0 Å². The van der Waals surface area contributed by atoms with Gasteiger partial charge in [0.1, 0.15) is 12.0 Å². The van der Waals surface area contributed by atoms with Crippen LogP contribution in [0, 0.1) is 17.3 Å². The lowest BCUT2D eigenvalue weighted by Gasteiger charge is -2.22. The third-order valence-corrected chi connectivity index (χ3v) is 3.37. The van der Waals surface area contributed by atoms with E-state index in [9.17, 15) is 9.59 Å². The summed E-state index contributed by atoms with van der Waals surface area (Å²) < 4.78 is 5.18. The number of unbranched alkanes of at least 4 members (excludes halogenated alkanes) is 1. The molecule has 0 amide bonds. The summed E-state index contributed by atoms with van der Waals surface area (Å²) in [6, 6.07) is 0. The molecule has 19 heavy (non-hydrogen) atoms. The van der Waals surface area contributed by atoms with Crippen LogP contribution in [0.4, 0.5) is 0 Å². The zero-order valence-electron chi connectivity index (χ0n) is 11.8. The fraction of sp³-hybridized carbons (Fsp3) is 0.625. The first kappa shape index (κ1) is 15.5. The Bertz CT molecular complexity index is 411. The van der Waals surface area contributed by atoms with Crippen molar-refractivity contribution in [3.63, 3.8) is 0 Å². The first-order valence-electron chi connectivity index (χ1n) is 6.94. The van der Waals surface area contributed by atoms with Gasteiger partial charge in [-0.05, 0) is 26.2 Å². The number of hydrogen-bond donors (Lipinski definition) is 0. The largest absolute Gasteiger partial charge is 0.461 e. The Labute approximate surface area is 115 Å². The third kappa shape index (κ3) is 3.96. The van der Waals surface area contributed by atoms with Crippen molar-refractivity contribution in [1.29, 1.82) is 0 Å². The highest BCUT2D eigenvalue weighted by molar-refractivity contribution is 6.05. The Morgan fingerprint density at radius 3 is 2.84 bits per heavy atom. The Kier molecular flexibility index (Phi) is 6.35. The topological polar surface area (TPSA) is 43.4 Å². The van der Waals surface area contributed by atoms with Gasteiger partial charge in [0.15, 0.2) is 5.78 Å². The summed E-state index contributed by atoms with van der Waals surface area (Å²) in [5.41, 5.74) is -0.998. The van der Waals surface area contributed by atoms with E-state index in [1.165, 1.54) is 0 Å². The first-order valence-corrected chi connectivity index (χ1v) is 6.94. The van der Waals surface area contributed by atoms with Crippen LogP contribution in [0.1, 0.15) is 52.4 Å². The molecule has 0 spiro atoms. The van der Waals surface area contributed by atoms with Gasteiger partial charge in [-0.3, -0.25) is 9.59 Å². The zero-order chi connectivity index (χ0) is 14.1. The molecule has 1 atom stereocenters. The third-order valence-electron chi connectivity index (χ3n) is 3.37. The number of ketones is 1. The van der Waals surface area contributed by atoms with Gasteiger partial charge in [-0.15, -0.1) is 11.8 Å². The smallest absolute Gasteiger partial charge is 0.320 e. The van der Waals surface area contributed by atoms with Gasteiger partial charge in [-0.2, -0.15) is 0 Å². The normalized spacial score (nSPS) is 22.3. The highest BCUT2D eigenvalue weighted by atomic mass is 16.5. The second-order valence-corrected chi connectivity index (χ2v) is 4.81. The molecule has 1 aliphatic rings. The monoisotopic (exact) mass is 262 g/mol. The van der Waals surface area contributed by atoms with Gasteiger partial charge >= 0.3 is 5.97 Å². The molecule has 3 heteroatoms. The lowest BCUT2D eigenvalue weighted by Crippen LogP contribution is -2.36. The lowest BCUT2D eigenvalue weighted by atomic mass is 9.82. The minimum Gasteiger partial charge on any atom is -0.461 e. The molecule has 0 radical (unpaired) electrons. The van der Waals surface area contributed by atoms with E-state index < -0.39 is 11.4 Å². The predicted octanol–water partition coefficient (Wildman–Crippen LogP) is 3.04. The molecule has 0 aromatic rings. The van der Waals surface area contributed by atoms with Crippen molar-refractivity contribution in [3.05, 3.63) is 12.2 Å². The summed E-state index contributed by atoms with van der Waals surface area (Å²) in [6.07, 6.45) is 7.46. The predicted molar refractivity (Wildman–Crippen MR) is 74.4 cm³/mol. The summed E-state index contributed by atoms with van der Waals surface area (Å²) in [5.74, 6) is 5.57. The molecule has 1 unspecified atom stereocenters. The average Bonchev–Trinajstić information content (AvgIpc) is 2.77. The minimum atomic E-state index is -0.998. The standard InChI is InChI=1S/C16H22O3/c1-3-5-7-8-11-16(12-9-10-14(16)17)15(18)19-13-6-4-2/h4,6H,3,5,9-13H2,1-2H3. The van der Waals surface area contributed by atoms with E-state index in [0.717, 1.165) is 19.3 Å². The van der Waals surface area contributed by atoms with Crippen LogP contribution in [0.5, 0.6) is 0 Å². The lowest BCUT2D eigenvalue weighted by molar-refractivity contribution is -0.157. The maximum Gasteiger partial charge on any atom is 0.320 e. The fourth-order valence-electron chi connectivity index (χ4n) is 2.19. The van der Waals surface area contributed by atoms with Crippen LogP contribution in [0.3, 0.4) is 0 Å². The van der Waals surface area contributed by atoms with Crippen LogP contribution in [0.25, 0.3) is 0 Å². The van der Waals surface area contributed by atoms with E-state index in [1.807, 2.05) is 13.0 Å². The van der Waals surface area contributed by atoms with Crippen LogP contribution < -0.4 is 0 Å². The molecular formula is C16H22O3. The molecule has 0 aromatic heterocycles. The molecule has 1 saturated carbocycles. The van der Waals surface area contributed by atoms with Crippen molar-refractivity contribution in [2.75, 3.05) is 6.61 Å². The molecule has 1 fully saturated rings. The molecule has 0 saturated heterocycles. The maximum absolute atomic E-state index is 12.2. The molecular weight excluding hydrogens is 240 g/mol. The van der Waals surface area contributed by atoms with Gasteiger partial charge in [-0.25, -0.2) is 0 Å². The van der Waals surface area contributed by atoms with Crippen molar-refractivity contribution in [3.8, 4) is 11.8 Å². The number of carbonyl (C=O) groups is 2. The second kappa shape index (κ2) is 7.78. The van der Waals surface area contributed by atoms with Gasteiger partial charge < -0.3 is 4.74 Å². The van der Waals surface area contributed by atoms with Gasteiger partial charge in [0.25, 0.3) is 0 Å². The van der Waals surface area contributed by atoms with E-state index in [4.69, 9.17) is 4.74 Å². The number of esters is 1. The molecule has 0 aliphatic heterocycles. The maximum atomic E-state index is 12.2. The molecule has 0 N–H and O–H groups in total. The highest BCUT2D eigenvalue weighted by Gasteiger charge is 2.49. The minimum absolute atomic E-state index is 0.0104. The van der Waals surface area contributed by atoms with E-state index >= 15 is 0 Å². The van der Waals surface area contributed by atoms with Gasteiger partial charge in [0.05, 0.1) is 0 Å². The Hall–Kier alpha value is -1.56. The molecule has 1 aliphatic carbocycles. The quantitative estimate of drug-likeness (QED) is 0.331. The Morgan fingerprint density at radius 2 is 2.26 bits per heavy atom. The number of ether oxygens (including phenoxy) is 1. The van der Waals surface area contributed by atoms with Crippen molar-refractivity contribution < 1.29 is 14.3 Å². The second-order valence-electron chi connectivity index (χ2n) is 4.81. The van der Waals surface area contributed by atoms with Crippen LogP contribution in [0.15, 0.2) is 12.2 Å². The summed E-state index contributed by atoms with van der Waals surface area (Å²) in [4.78, 5) is 24.2. The van der Waals surface area contributed by atoms with E-state index in [0.29, 0.717) is 19.3 Å². The molecule has 0 bridgehead atoms. The van der Waals surface area contributed by atoms with Crippen LogP contribution in [-0.2, 0) is 14.3 Å². The number of Topliss-reactive ketones (excluding diaryl/α,β-unsaturated/α-hetero) is 1. The number of carbonyl (C=O) groups excluding carboxylic acids is 2. The molecule has 0 aromatic carbocycles. The summed E-state index contributed by atoms with van der Waals surface area (Å²) in [5, 5.41) is 0. The summed E-state index contributed by atoms with van der Waals surface area (Å²) >= 11 is 0.